The normalized spacial score (nSPS) is 13.6. The van der Waals surface area contributed by atoms with Crippen LogP contribution in [-0.4, -0.2) is 29.6 Å². The first-order valence-electron chi connectivity index (χ1n) is 8.79. The molecule has 2 aromatic carbocycles. The SMILES string of the molecule is Cc1oc2ccc(Sc3ccccc3)cc2c1C(=O)NC(C)(CO)CC(F)F. The molecule has 0 radical (unpaired) electrons. The predicted octanol–water partition coefficient (Wildman–Crippen LogP) is 5.03. The molecule has 7 heteroatoms. The van der Waals surface area contributed by atoms with E-state index in [9.17, 15) is 18.7 Å². The second kappa shape index (κ2) is 8.32. The van der Waals surface area contributed by atoms with Crippen molar-refractivity contribution >= 4 is 28.6 Å². The Morgan fingerprint density at radius 3 is 2.57 bits per heavy atom. The molecule has 4 nitrogen and oxygen atoms in total. The summed E-state index contributed by atoms with van der Waals surface area (Å²) in [5, 5.41) is 12.6. The van der Waals surface area contributed by atoms with Crippen molar-refractivity contribution in [2.24, 2.45) is 0 Å². The number of benzene rings is 2. The molecule has 1 heterocycles. The van der Waals surface area contributed by atoms with Crippen LogP contribution in [0, 0.1) is 6.92 Å². The zero-order chi connectivity index (χ0) is 20.3. The highest BCUT2D eigenvalue weighted by Gasteiger charge is 2.31. The van der Waals surface area contributed by atoms with Gasteiger partial charge in [-0.05, 0) is 44.2 Å². The molecule has 28 heavy (non-hydrogen) atoms. The van der Waals surface area contributed by atoms with E-state index in [4.69, 9.17) is 4.42 Å². The maximum atomic E-state index is 12.8. The van der Waals surface area contributed by atoms with Crippen LogP contribution >= 0.6 is 11.8 Å². The van der Waals surface area contributed by atoms with Crippen LogP contribution in [-0.2, 0) is 0 Å². The molecule has 0 aliphatic heterocycles. The van der Waals surface area contributed by atoms with E-state index in [-0.39, 0.29) is 0 Å². The van der Waals surface area contributed by atoms with Crippen LogP contribution < -0.4 is 5.32 Å². The number of carbonyl (C=O) groups excluding carboxylic acids is 1. The average molecular weight is 405 g/mol. The summed E-state index contributed by atoms with van der Waals surface area (Å²) < 4.78 is 31.3. The molecule has 0 spiro atoms. The van der Waals surface area contributed by atoms with Crippen LogP contribution in [0.2, 0.25) is 0 Å². The molecular weight excluding hydrogens is 384 g/mol. The van der Waals surface area contributed by atoms with Gasteiger partial charge < -0.3 is 14.8 Å². The number of aryl methyl sites for hydroxylation is 1. The van der Waals surface area contributed by atoms with Gasteiger partial charge in [0.25, 0.3) is 5.91 Å². The summed E-state index contributed by atoms with van der Waals surface area (Å²) in [6.07, 6.45) is -3.28. The number of aliphatic hydroxyl groups is 1. The third-order valence-corrected chi connectivity index (χ3v) is 5.41. The van der Waals surface area contributed by atoms with Gasteiger partial charge in [0, 0.05) is 21.6 Å². The van der Waals surface area contributed by atoms with Crippen LogP contribution in [0.25, 0.3) is 11.0 Å². The van der Waals surface area contributed by atoms with E-state index in [2.05, 4.69) is 5.32 Å². The number of aliphatic hydroxyl groups excluding tert-OH is 1. The van der Waals surface area contributed by atoms with Gasteiger partial charge in [-0.1, -0.05) is 30.0 Å². The van der Waals surface area contributed by atoms with E-state index in [1.165, 1.54) is 6.92 Å². The van der Waals surface area contributed by atoms with Crippen LogP contribution in [0.4, 0.5) is 8.78 Å². The fourth-order valence-corrected chi connectivity index (χ4v) is 3.88. The Morgan fingerprint density at radius 1 is 1.21 bits per heavy atom. The lowest BCUT2D eigenvalue weighted by Gasteiger charge is -2.28. The summed E-state index contributed by atoms with van der Waals surface area (Å²) in [6, 6.07) is 15.3. The van der Waals surface area contributed by atoms with Gasteiger partial charge in [0.1, 0.15) is 11.3 Å². The predicted molar refractivity (Wildman–Crippen MR) is 105 cm³/mol. The average Bonchev–Trinajstić information content (AvgIpc) is 2.97. The molecule has 0 aliphatic carbocycles. The van der Waals surface area contributed by atoms with Gasteiger partial charge in [-0.15, -0.1) is 0 Å². The molecule has 1 amide bonds. The van der Waals surface area contributed by atoms with E-state index in [0.29, 0.717) is 22.3 Å². The van der Waals surface area contributed by atoms with Crippen molar-refractivity contribution in [1.82, 2.24) is 5.32 Å². The van der Waals surface area contributed by atoms with Gasteiger partial charge >= 0.3 is 0 Å². The van der Waals surface area contributed by atoms with Gasteiger partial charge in [0.2, 0.25) is 6.43 Å². The summed E-state index contributed by atoms with van der Waals surface area (Å²) in [5.74, 6) is -0.151. The van der Waals surface area contributed by atoms with Gasteiger partial charge in [0.05, 0.1) is 17.7 Å². The minimum Gasteiger partial charge on any atom is -0.461 e. The number of furan rings is 1. The maximum absolute atomic E-state index is 12.8. The third-order valence-electron chi connectivity index (χ3n) is 4.41. The Kier molecular flexibility index (Phi) is 6.05. The van der Waals surface area contributed by atoms with Crippen molar-refractivity contribution in [3.8, 4) is 0 Å². The van der Waals surface area contributed by atoms with E-state index >= 15 is 0 Å². The zero-order valence-electron chi connectivity index (χ0n) is 15.5. The Labute approximate surface area is 165 Å². The third kappa shape index (κ3) is 4.54. The Hall–Kier alpha value is -2.38. The molecule has 148 valence electrons. The minimum atomic E-state index is -2.64. The highest BCUT2D eigenvalue weighted by molar-refractivity contribution is 7.99. The monoisotopic (exact) mass is 405 g/mol. The van der Waals surface area contributed by atoms with Gasteiger partial charge in [-0.3, -0.25) is 4.79 Å². The van der Waals surface area contributed by atoms with Crippen molar-refractivity contribution in [3.63, 3.8) is 0 Å². The molecule has 0 fully saturated rings. The quantitative estimate of drug-likeness (QED) is 0.579. The molecule has 3 aromatic rings. The lowest BCUT2D eigenvalue weighted by atomic mass is 9.98. The van der Waals surface area contributed by atoms with Crippen molar-refractivity contribution in [3.05, 3.63) is 59.9 Å². The summed E-state index contributed by atoms with van der Waals surface area (Å²) in [6.45, 7) is 2.46. The molecule has 1 atom stereocenters. The maximum Gasteiger partial charge on any atom is 0.255 e. The van der Waals surface area contributed by atoms with E-state index in [0.717, 1.165) is 9.79 Å². The fourth-order valence-electron chi connectivity index (χ4n) is 3.00. The molecule has 0 saturated carbocycles. The Balaban J connectivity index is 1.92. The number of fused-ring (bicyclic) bond motifs is 1. The van der Waals surface area contributed by atoms with Crippen LogP contribution in [0.5, 0.6) is 0 Å². The summed E-state index contributed by atoms with van der Waals surface area (Å²) in [5.41, 5.74) is -0.586. The van der Waals surface area contributed by atoms with Gasteiger partial charge in [0.15, 0.2) is 0 Å². The largest absolute Gasteiger partial charge is 0.461 e. The van der Waals surface area contributed by atoms with Crippen molar-refractivity contribution < 1.29 is 23.1 Å². The van der Waals surface area contributed by atoms with Crippen LogP contribution in [0.1, 0.15) is 29.5 Å². The number of carbonyl (C=O) groups is 1. The van der Waals surface area contributed by atoms with Crippen molar-refractivity contribution in [2.75, 3.05) is 6.61 Å². The van der Waals surface area contributed by atoms with Gasteiger partial charge in [-0.25, -0.2) is 8.78 Å². The molecular formula is C21H21F2NO3S. The Bertz CT molecular complexity index is 974. The number of alkyl halides is 2. The summed E-state index contributed by atoms with van der Waals surface area (Å²) >= 11 is 1.55. The smallest absolute Gasteiger partial charge is 0.255 e. The van der Waals surface area contributed by atoms with E-state index in [1.54, 1.807) is 24.8 Å². The lowest BCUT2D eigenvalue weighted by molar-refractivity contribution is 0.0586. The zero-order valence-corrected chi connectivity index (χ0v) is 16.4. The number of hydrogen-bond donors (Lipinski definition) is 2. The second-order valence-electron chi connectivity index (χ2n) is 6.87. The molecule has 3 rings (SSSR count). The first-order valence-corrected chi connectivity index (χ1v) is 9.60. The van der Waals surface area contributed by atoms with E-state index < -0.39 is 30.9 Å². The fraction of sp³-hybridized carbons (Fsp3) is 0.286. The highest BCUT2D eigenvalue weighted by Crippen LogP contribution is 2.33. The standard InChI is InChI=1S/C21H21F2NO3S/c1-13-19(20(26)24-21(2,12-25)11-18(22)23)16-10-15(8-9-17(16)27-13)28-14-6-4-3-5-7-14/h3-10,18,25H,11-12H2,1-2H3,(H,24,26). The number of nitrogens with one attached hydrogen (secondary N) is 1. The molecule has 0 bridgehead atoms. The number of halogens is 2. The molecule has 0 saturated heterocycles. The highest BCUT2D eigenvalue weighted by atomic mass is 32.2. The van der Waals surface area contributed by atoms with Gasteiger partial charge in [-0.2, -0.15) is 0 Å². The number of hydrogen-bond acceptors (Lipinski definition) is 4. The summed E-state index contributed by atoms with van der Waals surface area (Å²) in [7, 11) is 0. The van der Waals surface area contributed by atoms with Crippen molar-refractivity contribution in [2.45, 2.75) is 42.0 Å². The lowest BCUT2D eigenvalue weighted by Crippen LogP contribution is -2.50. The Morgan fingerprint density at radius 2 is 1.93 bits per heavy atom. The number of rotatable bonds is 7. The summed E-state index contributed by atoms with van der Waals surface area (Å²) in [4.78, 5) is 14.8. The molecule has 0 aliphatic rings. The number of amides is 1. The van der Waals surface area contributed by atoms with Crippen molar-refractivity contribution in [1.29, 1.82) is 0 Å². The minimum absolute atomic E-state index is 0.291. The first-order chi connectivity index (χ1) is 13.3. The van der Waals surface area contributed by atoms with E-state index in [1.807, 2.05) is 42.5 Å². The van der Waals surface area contributed by atoms with Crippen LogP contribution in [0.3, 0.4) is 0 Å². The topological polar surface area (TPSA) is 62.5 Å². The second-order valence-corrected chi connectivity index (χ2v) is 8.02. The van der Waals surface area contributed by atoms with Crippen LogP contribution in [0.15, 0.2) is 62.7 Å². The molecule has 1 aromatic heterocycles. The first kappa shape index (κ1) is 20.4. The molecule has 2 N–H and O–H groups in total. The molecule has 1 unspecified atom stereocenters.